The second kappa shape index (κ2) is 6.83. The smallest absolute Gasteiger partial charge is 0.387 e. The number of halogens is 2. The minimum atomic E-state index is -2.92. The molecule has 0 spiro atoms. The molecule has 0 radical (unpaired) electrons. The van der Waals surface area contributed by atoms with Crippen molar-refractivity contribution < 1.29 is 23.0 Å². The van der Waals surface area contributed by atoms with E-state index in [1.54, 1.807) is 30.3 Å². The van der Waals surface area contributed by atoms with Crippen molar-refractivity contribution in [2.45, 2.75) is 13.5 Å². The zero-order valence-corrected chi connectivity index (χ0v) is 11.4. The highest BCUT2D eigenvalue weighted by molar-refractivity contribution is 6.09. The summed E-state index contributed by atoms with van der Waals surface area (Å²) >= 11 is 0. The van der Waals surface area contributed by atoms with Gasteiger partial charge in [0.15, 0.2) is 5.78 Å². The van der Waals surface area contributed by atoms with Gasteiger partial charge < -0.3 is 9.47 Å². The highest BCUT2D eigenvalue weighted by atomic mass is 19.3. The first kappa shape index (κ1) is 15.0. The van der Waals surface area contributed by atoms with Crippen LogP contribution >= 0.6 is 0 Å². The third-order valence-electron chi connectivity index (χ3n) is 2.75. The van der Waals surface area contributed by atoms with Crippen LogP contribution in [0.4, 0.5) is 8.78 Å². The van der Waals surface area contributed by atoms with E-state index in [2.05, 4.69) is 4.74 Å². The van der Waals surface area contributed by atoms with Crippen LogP contribution in [-0.4, -0.2) is 19.0 Å². The number of rotatable bonds is 6. The maximum atomic E-state index is 12.3. The molecule has 110 valence electrons. The zero-order chi connectivity index (χ0) is 15.2. The molecule has 0 saturated heterocycles. The second-order valence-corrected chi connectivity index (χ2v) is 4.19. The Labute approximate surface area is 121 Å². The van der Waals surface area contributed by atoms with E-state index in [1.807, 2.05) is 6.92 Å². The Morgan fingerprint density at radius 3 is 2.38 bits per heavy atom. The van der Waals surface area contributed by atoms with Crippen LogP contribution in [0.25, 0.3) is 0 Å². The Hall–Kier alpha value is -2.43. The maximum Gasteiger partial charge on any atom is 0.387 e. The van der Waals surface area contributed by atoms with Crippen molar-refractivity contribution in [1.29, 1.82) is 0 Å². The van der Waals surface area contributed by atoms with Gasteiger partial charge in [-0.3, -0.25) is 4.79 Å². The van der Waals surface area contributed by atoms with E-state index in [1.165, 1.54) is 18.2 Å². The number of hydrogen-bond acceptors (Lipinski definition) is 3. The number of alkyl halides is 2. The van der Waals surface area contributed by atoms with Crippen molar-refractivity contribution in [2.24, 2.45) is 0 Å². The molecule has 0 fully saturated rings. The Bertz CT molecular complexity index is 609. The second-order valence-electron chi connectivity index (χ2n) is 4.19. The molecule has 0 aromatic heterocycles. The fourth-order valence-electron chi connectivity index (χ4n) is 1.85. The SMILES string of the molecule is CCOc1ccc(C(=O)c2cccc(OC(F)F)c2)cc1. The summed E-state index contributed by atoms with van der Waals surface area (Å²) in [6.45, 7) is -0.505. The van der Waals surface area contributed by atoms with Crippen LogP contribution < -0.4 is 9.47 Å². The third-order valence-corrected chi connectivity index (χ3v) is 2.75. The molecule has 2 aromatic rings. The Morgan fingerprint density at radius 2 is 1.76 bits per heavy atom. The molecule has 0 N–H and O–H groups in total. The summed E-state index contributed by atoms with van der Waals surface area (Å²) in [5, 5.41) is 0. The molecular weight excluding hydrogens is 278 g/mol. The molecule has 0 aliphatic heterocycles. The van der Waals surface area contributed by atoms with Crippen LogP contribution in [0.1, 0.15) is 22.8 Å². The lowest BCUT2D eigenvalue weighted by Gasteiger charge is -2.07. The molecule has 0 heterocycles. The third kappa shape index (κ3) is 4.02. The van der Waals surface area contributed by atoms with Crippen molar-refractivity contribution in [1.82, 2.24) is 0 Å². The van der Waals surface area contributed by atoms with Gasteiger partial charge in [-0.25, -0.2) is 0 Å². The summed E-state index contributed by atoms with van der Waals surface area (Å²) in [4.78, 5) is 12.3. The monoisotopic (exact) mass is 292 g/mol. The topological polar surface area (TPSA) is 35.5 Å². The average molecular weight is 292 g/mol. The number of carbonyl (C=O) groups excluding carboxylic acids is 1. The Kier molecular flexibility index (Phi) is 4.87. The van der Waals surface area contributed by atoms with E-state index in [4.69, 9.17) is 4.74 Å². The van der Waals surface area contributed by atoms with Gasteiger partial charge >= 0.3 is 6.61 Å². The molecule has 21 heavy (non-hydrogen) atoms. The molecule has 0 amide bonds. The highest BCUT2D eigenvalue weighted by Crippen LogP contribution is 2.20. The van der Waals surface area contributed by atoms with Crippen LogP contribution in [0.15, 0.2) is 48.5 Å². The normalized spacial score (nSPS) is 10.5. The molecule has 0 unspecified atom stereocenters. The van der Waals surface area contributed by atoms with Gasteiger partial charge in [0.1, 0.15) is 11.5 Å². The van der Waals surface area contributed by atoms with Crippen LogP contribution in [0.2, 0.25) is 0 Å². The van der Waals surface area contributed by atoms with Gasteiger partial charge in [-0.15, -0.1) is 0 Å². The van der Waals surface area contributed by atoms with Crippen molar-refractivity contribution in [3.05, 3.63) is 59.7 Å². The summed E-state index contributed by atoms with van der Waals surface area (Å²) in [5.74, 6) is 0.364. The fourth-order valence-corrected chi connectivity index (χ4v) is 1.85. The molecule has 0 bridgehead atoms. The number of ether oxygens (including phenoxy) is 2. The van der Waals surface area contributed by atoms with Gasteiger partial charge in [0.25, 0.3) is 0 Å². The van der Waals surface area contributed by atoms with Gasteiger partial charge in [-0.05, 0) is 43.3 Å². The number of ketones is 1. The molecular formula is C16H14F2O3. The summed E-state index contributed by atoms with van der Waals surface area (Å²) in [6.07, 6.45) is 0. The highest BCUT2D eigenvalue weighted by Gasteiger charge is 2.11. The van der Waals surface area contributed by atoms with E-state index in [-0.39, 0.29) is 17.1 Å². The van der Waals surface area contributed by atoms with E-state index in [0.717, 1.165) is 0 Å². The zero-order valence-electron chi connectivity index (χ0n) is 11.4. The number of hydrogen-bond donors (Lipinski definition) is 0. The lowest BCUT2D eigenvalue weighted by Crippen LogP contribution is -2.05. The molecule has 0 atom stereocenters. The van der Waals surface area contributed by atoms with Crippen molar-refractivity contribution in [3.63, 3.8) is 0 Å². The standard InChI is InChI=1S/C16H14F2O3/c1-2-20-13-8-6-11(7-9-13)15(19)12-4-3-5-14(10-12)21-16(17)18/h3-10,16H,2H2,1H3. The van der Waals surface area contributed by atoms with Crippen LogP contribution in [0, 0.1) is 0 Å². The van der Waals surface area contributed by atoms with E-state index in [0.29, 0.717) is 17.9 Å². The van der Waals surface area contributed by atoms with Crippen molar-refractivity contribution >= 4 is 5.78 Å². The van der Waals surface area contributed by atoms with Crippen LogP contribution in [-0.2, 0) is 0 Å². The number of carbonyl (C=O) groups is 1. The first-order valence-electron chi connectivity index (χ1n) is 6.42. The largest absolute Gasteiger partial charge is 0.494 e. The van der Waals surface area contributed by atoms with E-state index >= 15 is 0 Å². The molecule has 2 aromatic carbocycles. The molecule has 3 nitrogen and oxygen atoms in total. The molecule has 0 aliphatic rings. The van der Waals surface area contributed by atoms with Gasteiger partial charge in [0.2, 0.25) is 0 Å². The molecule has 2 rings (SSSR count). The number of benzene rings is 2. The summed E-state index contributed by atoms with van der Waals surface area (Å²) < 4.78 is 33.9. The van der Waals surface area contributed by atoms with Crippen molar-refractivity contribution in [2.75, 3.05) is 6.61 Å². The van der Waals surface area contributed by atoms with Crippen LogP contribution in [0.5, 0.6) is 11.5 Å². The molecule has 5 heteroatoms. The predicted molar refractivity (Wildman–Crippen MR) is 74.1 cm³/mol. The minimum Gasteiger partial charge on any atom is -0.494 e. The van der Waals surface area contributed by atoms with Gasteiger partial charge in [0, 0.05) is 11.1 Å². The lowest BCUT2D eigenvalue weighted by atomic mass is 10.0. The maximum absolute atomic E-state index is 12.3. The predicted octanol–water partition coefficient (Wildman–Crippen LogP) is 3.92. The summed E-state index contributed by atoms with van der Waals surface area (Å²) in [5.41, 5.74) is 0.741. The van der Waals surface area contributed by atoms with Crippen LogP contribution in [0.3, 0.4) is 0 Å². The Morgan fingerprint density at radius 1 is 1.05 bits per heavy atom. The van der Waals surface area contributed by atoms with Gasteiger partial charge in [-0.2, -0.15) is 8.78 Å². The Balaban J connectivity index is 2.19. The molecule has 0 aliphatic carbocycles. The quantitative estimate of drug-likeness (QED) is 0.757. The lowest BCUT2D eigenvalue weighted by molar-refractivity contribution is -0.0498. The average Bonchev–Trinajstić information content (AvgIpc) is 2.47. The van der Waals surface area contributed by atoms with E-state index in [9.17, 15) is 13.6 Å². The fraction of sp³-hybridized carbons (Fsp3) is 0.188. The van der Waals surface area contributed by atoms with Gasteiger partial charge in [-0.1, -0.05) is 12.1 Å². The van der Waals surface area contributed by atoms with E-state index < -0.39 is 6.61 Å². The first-order chi connectivity index (χ1) is 10.1. The minimum absolute atomic E-state index is 0.0400. The first-order valence-corrected chi connectivity index (χ1v) is 6.42. The molecule has 0 saturated carbocycles. The van der Waals surface area contributed by atoms with Gasteiger partial charge in [0.05, 0.1) is 6.61 Å². The summed E-state index contributed by atoms with van der Waals surface area (Å²) in [6, 6.07) is 12.4. The van der Waals surface area contributed by atoms with Crippen molar-refractivity contribution in [3.8, 4) is 11.5 Å². The summed E-state index contributed by atoms with van der Waals surface area (Å²) in [7, 11) is 0.